The molecule has 0 aliphatic heterocycles. The Bertz CT molecular complexity index is 409. The van der Waals surface area contributed by atoms with Gasteiger partial charge in [0.1, 0.15) is 5.60 Å². The highest BCUT2D eigenvalue weighted by atomic mass is 16.6. The van der Waals surface area contributed by atoms with Crippen LogP contribution in [0.25, 0.3) is 0 Å². The van der Waals surface area contributed by atoms with E-state index in [2.05, 4.69) is 5.32 Å². The number of Topliss-reactive ketones (excluding diaryl/α,β-unsaturated/α-hetero) is 1. The molecule has 2 N–H and O–H groups in total. The van der Waals surface area contributed by atoms with Crippen LogP contribution in [-0.4, -0.2) is 34.6 Å². The molecule has 0 saturated heterocycles. The van der Waals surface area contributed by atoms with E-state index >= 15 is 0 Å². The topological polar surface area (TPSA) is 92.7 Å². The Morgan fingerprint density at radius 3 is 1.86 bits per heavy atom. The third-order valence-electron chi connectivity index (χ3n) is 3.23. The molecule has 0 aromatic carbocycles. The summed E-state index contributed by atoms with van der Waals surface area (Å²) >= 11 is 0. The number of carbonyl (C=O) groups excluding carboxylic acids is 2. The van der Waals surface area contributed by atoms with Crippen LogP contribution in [0.5, 0.6) is 0 Å². The van der Waals surface area contributed by atoms with Crippen LogP contribution in [0.1, 0.15) is 54.9 Å². The summed E-state index contributed by atoms with van der Waals surface area (Å²) in [6.45, 7) is 12.3. The van der Waals surface area contributed by atoms with Crippen LogP contribution in [-0.2, 0) is 14.3 Å². The standard InChI is InChI=1S/C16H29NO5/c1-9(2)11(14(19)20)8-12(18)13(10(3)4)17-15(21)22-16(5,6)7/h9-11,13H,8H2,1-7H3,(H,17,21)(H,19,20). The van der Waals surface area contributed by atoms with E-state index in [9.17, 15) is 19.5 Å². The largest absolute Gasteiger partial charge is 0.481 e. The second-order valence-electron chi connectivity index (χ2n) is 7.23. The molecule has 0 heterocycles. The highest BCUT2D eigenvalue weighted by molar-refractivity contribution is 5.90. The molecule has 0 fully saturated rings. The Balaban J connectivity index is 4.92. The summed E-state index contributed by atoms with van der Waals surface area (Å²) in [5.74, 6) is -2.35. The quantitative estimate of drug-likeness (QED) is 0.753. The Kier molecular flexibility index (Phi) is 7.56. The molecular formula is C16H29NO5. The summed E-state index contributed by atoms with van der Waals surface area (Å²) < 4.78 is 5.15. The molecule has 0 radical (unpaired) electrons. The van der Waals surface area contributed by atoms with Crippen LogP contribution in [0.15, 0.2) is 0 Å². The number of alkyl carbamates (subject to hydrolysis) is 1. The zero-order valence-corrected chi connectivity index (χ0v) is 14.6. The van der Waals surface area contributed by atoms with Crippen molar-refractivity contribution in [2.75, 3.05) is 0 Å². The molecule has 0 aliphatic rings. The molecular weight excluding hydrogens is 286 g/mol. The van der Waals surface area contributed by atoms with Crippen LogP contribution in [0.3, 0.4) is 0 Å². The van der Waals surface area contributed by atoms with Crippen LogP contribution >= 0.6 is 0 Å². The van der Waals surface area contributed by atoms with Gasteiger partial charge in [-0.2, -0.15) is 0 Å². The van der Waals surface area contributed by atoms with Crippen LogP contribution < -0.4 is 5.32 Å². The predicted octanol–water partition coefficient (Wildman–Crippen LogP) is 2.85. The zero-order valence-electron chi connectivity index (χ0n) is 14.6. The monoisotopic (exact) mass is 315 g/mol. The molecule has 0 spiro atoms. The number of hydrogen-bond acceptors (Lipinski definition) is 4. The fraction of sp³-hybridized carbons (Fsp3) is 0.812. The molecule has 0 aromatic heterocycles. The second kappa shape index (κ2) is 8.15. The van der Waals surface area contributed by atoms with Gasteiger partial charge in [-0.1, -0.05) is 27.7 Å². The van der Waals surface area contributed by atoms with E-state index in [0.29, 0.717) is 0 Å². The first-order chi connectivity index (χ1) is 9.85. The van der Waals surface area contributed by atoms with Crippen LogP contribution in [0.2, 0.25) is 0 Å². The number of aliphatic carboxylic acids is 1. The fourth-order valence-corrected chi connectivity index (χ4v) is 2.01. The van der Waals surface area contributed by atoms with Gasteiger partial charge in [0.15, 0.2) is 5.78 Å². The SMILES string of the molecule is CC(C)C(CC(=O)C(NC(=O)OC(C)(C)C)C(C)C)C(=O)O. The van der Waals surface area contributed by atoms with Crippen molar-refractivity contribution in [2.45, 2.75) is 66.5 Å². The van der Waals surface area contributed by atoms with Gasteiger partial charge in [-0.3, -0.25) is 9.59 Å². The first-order valence-corrected chi connectivity index (χ1v) is 7.60. The Morgan fingerprint density at radius 1 is 1.05 bits per heavy atom. The summed E-state index contributed by atoms with van der Waals surface area (Å²) in [5.41, 5.74) is -0.657. The summed E-state index contributed by atoms with van der Waals surface area (Å²) in [4.78, 5) is 35.4. The van der Waals surface area contributed by atoms with Crippen molar-refractivity contribution in [2.24, 2.45) is 17.8 Å². The fourth-order valence-electron chi connectivity index (χ4n) is 2.01. The lowest BCUT2D eigenvalue weighted by molar-refractivity contribution is -0.145. The van der Waals surface area contributed by atoms with Crippen molar-refractivity contribution in [1.29, 1.82) is 0 Å². The second-order valence-corrected chi connectivity index (χ2v) is 7.23. The number of carboxylic acids is 1. The third kappa shape index (κ3) is 7.43. The molecule has 0 bridgehead atoms. The van der Waals surface area contributed by atoms with Gasteiger partial charge < -0.3 is 15.2 Å². The molecule has 1 amide bonds. The molecule has 2 atom stereocenters. The van der Waals surface area contributed by atoms with Gasteiger partial charge in [-0.05, 0) is 32.6 Å². The minimum atomic E-state index is -0.997. The minimum Gasteiger partial charge on any atom is -0.481 e. The smallest absolute Gasteiger partial charge is 0.408 e. The van der Waals surface area contributed by atoms with Gasteiger partial charge in [-0.15, -0.1) is 0 Å². The van der Waals surface area contributed by atoms with E-state index in [1.807, 2.05) is 0 Å². The number of nitrogens with one attached hydrogen (secondary N) is 1. The van der Waals surface area contributed by atoms with Gasteiger partial charge in [0.2, 0.25) is 0 Å². The normalized spacial score (nSPS) is 14.6. The summed E-state index contributed by atoms with van der Waals surface area (Å²) in [5, 5.41) is 11.7. The van der Waals surface area contributed by atoms with Gasteiger partial charge in [0.25, 0.3) is 0 Å². The molecule has 0 aliphatic carbocycles. The van der Waals surface area contributed by atoms with Gasteiger partial charge in [0.05, 0.1) is 12.0 Å². The van der Waals surface area contributed by atoms with E-state index in [4.69, 9.17) is 4.74 Å². The zero-order chi connectivity index (χ0) is 17.7. The van der Waals surface area contributed by atoms with E-state index in [0.717, 1.165) is 0 Å². The van der Waals surface area contributed by atoms with E-state index in [-0.39, 0.29) is 24.0 Å². The van der Waals surface area contributed by atoms with Gasteiger partial charge in [-0.25, -0.2) is 4.79 Å². The lowest BCUT2D eigenvalue weighted by Crippen LogP contribution is -2.47. The number of ether oxygens (including phenoxy) is 1. The van der Waals surface area contributed by atoms with Crippen LogP contribution in [0.4, 0.5) is 4.79 Å². The number of rotatable bonds is 7. The summed E-state index contributed by atoms with van der Waals surface area (Å²) in [6.07, 6.45) is -0.776. The maximum atomic E-state index is 12.4. The predicted molar refractivity (Wildman–Crippen MR) is 83.6 cm³/mol. The molecule has 22 heavy (non-hydrogen) atoms. The molecule has 6 heteroatoms. The summed E-state index contributed by atoms with van der Waals surface area (Å²) in [6, 6.07) is -0.754. The average Bonchev–Trinajstić information content (AvgIpc) is 2.29. The number of carboxylic acid groups (broad SMARTS) is 1. The van der Waals surface area contributed by atoms with Crippen molar-refractivity contribution in [3.05, 3.63) is 0 Å². The maximum absolute atomic E-state index is 12.4. The van der Waals surface area contributed by atoms with Gasteiger partial charge >= 0.3 is 12.1 Å². The van der Waals surface area contributed by atoms with Crippen molar-refractivity contribution >= 4 is 17.8 Å². The van der Waals surface area contributed by atoms with Crippen molar-refractivity contribution < 1.29 is 24.2 Å². The highest BCUT2D eigenvalue weighted by Crippen LogP contribution is 2.19. The lowest BCUT2D eigenvalue weighted by Gasteiger charge is -2.26. The number of carbonyl (C=O) groups is 3. The Labute approximate surface area is 132 Å². The summed E-state index contributed by atoms with van der Waals surface area (Å²) in [7, 11) is 0. The molecule has 0 rings (SSSR count). The third-order valence-corrected chi connectivity index (χ3v) is 3.23. The van der Waals surface area contributed by atoms with Crippen molar-refractivity contribution in [1.82, 2.24) is 5.32 Å². The first-order valence-electron chi connectivity index (χ1n) is 7.60. The number of hydrogen-bond donors (Lipinski definition) is 2. The molecule has 0 saturated carbocycles. The maximum Gasteiger partial charge on any atom is 0.408 e. The van der Waals surface area contributed by atoms with E-state index < -0.39 is 29.6 Å². The highest BCUT2D eigenvalue weighted by Gasteiger charge is 2.31. The molecule has 2 unspecified atom stereocenters. The molecule has 0 aromatic rings. The van der Waals surface area contributed by atoms with E-state index in [1.165, 1.54) is 0 Å². The van der Waals surface area contributed by atoms with E-state index in [1.54, 1.807) is 48.5 Å². The molecule has 128 valence electrons. The average molecular weight is 315 g/mol. The van der Waals surface area contributed by atoms with Crippen LogP contribution in [0, 0.1) is 17.8 Å². The number of amides is 1. The number of ketones is 1. The first kappa shape index (κ1) is 20.4. The Morgan fingerprint density at radius 2 is 1.55 bits per heavy atom. The Hall–Kier alpha value is -1.59. The lowest BCUT2D eigenvalue weighted by atomic mass is 9.86. The van der Waals surface area contributed by atoms with Gasteiger partial charge in [0, 0.05) is 6.42 Å². The van der Waals surface area contributed by atoms with Crippen molar-refractivity contribution in [3.63, 3.8) is 0 Å². The van der Waals surface area contributed by atoms with Crippen molar-refractivity contribution in [3.8, 4) is 0 Å². The minimum absolute atomic E-state index is 0.106. The molecule has 6 nitrogen and oxygen atoms in total.